The van der Waals surface area contributed by atoms with Crippen LogP contribution < -0.4 is 5.32 Å². The second-order valence-electron chi connectivity index (χ2n) is 3.27. The highest BCUT2D eigenvalue weighted by molar-refractivity contribution is 5.78. The van der Waals surface area contributed by atoms with Gasteiger partial charge in [-0.2, -0.15) is 0 Å². The van der Waals surface area contributed by atoms with Gasteiger partial charge < -0.3 is 10.2 Å². The third-order valence-electron chi connectivity index (χ3n) is 2.59. The Morgan fingerprint density at radius 1 is 1.73 bits per heavy atom. The van der Waals surface area contributed by atoms with E-state index in [4.69, 9.17) is 0 Å². The maximum atomic E-state index is 11.2. The van der Waals surface area contributed by atoms with Crippen LogP contribution in [-0.2, 0) is 4.79 Å². The Kier molecular flexibility index (Phi) is 2.49. The van der Waals surface area contributed by atoms with Gasteiger partial charge in [-0.25, -0.2) is 0 Å². The van der Waals surface area contributed by atoms with Gasteiger partial charge in [0, 0.05) is 32.0 Å². The first-order valence-corrected chi connectivity index (χ1v) is 4.07. The normalized spacial score (nSPS) is 31.5. The smallest absolute Gasteiger partial charge is 0.222 e. The van der Waals surface area contributed by atoms with E-state index in [2.05, 4.69) is 12.2 Å². The van der Waals surface area contributed by atoms with E-state index >= 15 is 0 Å². The molecular weight excluding hydrogens is 140 g/mol. The van der Waals surface area contributed by atoms with Gasteiger partial charge in [-0.1, -0.05) is 0 Å². The standard InChI is InChI=1S/C8H16N2O/c1-6-7(5-9-2)4-8(11)10(6)3/h6-7,9H,4-5H2,1-3H3. The molecule has 1 aliphatic heterocycles. The van der Waals surface area contributed by atoms with Crippen molar-refractivity contribution in [3.8, 4) is 0 Å². The Bertz CT molecular complexity index is 158. The number of rotatable bonds is 2. The Balaban J connectivity index is 2.52. The van der Waals surface area contributed by atoms with Gasteiger partial charge in [0.25, 0.3) is 0 Å². The van der Waals surface area contributed by atoms with Gasteiger partial charge in [0.2, 0.25) is 5.91 Å². The van der Waals surface area contributed by atoms with Crippen LogP contribution >= 0.6 is 0 Å². The van der Waals surface area contributed by atoms with Crippen LogP contribution in [-0.4, -0.2) is 37.5 Å². The lowest BCUT2D eigenvalue weighted by Crippen LogP contribution is -2.32. The van der Waals surface area contributed by atoms with Crippen LogP contribution in [0.15, 0.2) is 0 Å². The molecule has 0 aliphatic carbocycles. The van der Waals surface area contributed by atoms with Crippen LogP contribution in [0.5, 0.6) is 0 Å². The van der Waals surface area contributed by atoms with Crippen molar-refractivity contribution in [3.05, 3.63) is 0 Å². The van der Waals surface area contributed by atoms with E-state index in [1.807, 2.05) is 19.0 Å². The molecule has 1 fully saturated rings. The maximum Gasteiger partial charge on any atom is 0.222 e. The fourth-order valence-corrected chi connectivity index (χ4v) is 1.59. The van der Waals surface area contributed by atoms with Gasteiger partial charge in [0.05, 0.1) is 0 Å². The highest BCUT2D eigenvalue weighted by atomic mass is 16.2. The summed E-state index contributed by atoms with van der Waals surface area (Å²) >= 11 is 0. The molecule has 1 aliphatic rings. The summed E-state index contributed by atoms with van der Waals surface area (Å²) in [6, 6.07) is 0.398. The van der Waals surface area contributed by atoms with Crippen LogP contribution in [0.2, 0.25) is 0 Å². The maximum absolute atomic E-state index is 11.2. The predicted molar refractivity (Wildman–Crippen MR) is 44.3 cm³/mol. The predicted octanol–water partition coefficient (Wildman–Crippen LogP) is 0.0726. The first kappa shape index (κ1) is 8.53. The van der Waals surface area contributed by atoms with Crippen molar-refractivity contribution in [2.45, 2.75) is 19.4 Å². The Labute approximate surface area is 67.8 Å². The van der Waals surface area contributed by atoms with Crippen LogP contribution in [0.4, 0.5) is 0 Å². The summed E-state index contributed by atoms with van der Waals surface area (Å²) in [5.41, 5.74) is 0. The lowest BCUT2D eigenvalue weighted by Gasteiger charge is -2.19. The summed E-state index contributed by atoms with van der Waals surface area (Å²) in [6.45, 7) is 3.05. The molecule has 0 radical (unpaired) electrons. The number of nitrogens with zero attached hydrogens (tertiary/aromatic N) is 1. The summed E-state index contributed by atoms with van der Waals surface area (Å²) in [5.74, 6) is 0.773. The van der Waals surface area contributed by atoms with E-state index < -0.39 is 0 Å². The van der Waals surface area contributed by atoms with Crippen molar-refractivity contribution in [1.29, 1.82) is 0 Å². The largest absolute Gasteiger partial charge is 0.343 e. The van der Waals surface area contributed by atoms with Crippen molar-refractivity contribution in [3.63, 3.8) is 0 Å². The molecular formula is C8H16N2O. The van der Waals surface area contributed by atoms with Gasteiger partial charge in [0.1, 0.15) is 0 Å². The second-order valence-corrected chi connectivity index (χ2v) is 3.27. The zero-order chi connectivity index (χ0) is 8.43. The Hall–Kier alpha value is -0.570. The monoisotopic (exact) mass is 156 g/mol. The molecule has 1 heterocycles. The lowest BCUT2D eigenvalue weighted by molar-refractivity contribution is -0.127. The molecule has 0 bridgehead atoms. The lowest BCUT2D eigenvalue weighted by atomic mass is 10.0. The highest BCUT2D eigenvalue weighted by Gasteiger charge is 2.33. The number of carbonyl (C=O) groups is 1. The summed E-state index contributed by atoms with van der Waals surface area (Å²) in [6.07, 6.45) is 0.707. The fraction of sp³-hybridized carbons (Fsp3) is 0.875. The van der Waals surface area contributed by atoms with Crippen molar-refractivity contribution in [2.75, 3.05) is 20.6 Å². The van der Waals surface area contributed by atoms with Crippen LogP contribution in [0, 0.1) is 5.92 Å². The molecule has 11 heavy (non-hydrogen) atoms. The molecule has 0 aromatic rings. The second kappa shape index (κ2) is 3.22. The molecule has 0 aromatic carbocycles. The van der Waals surface area contributed by atoms with E-state index in [9.17, 15) is 4.79 Å². The molecule has 1 rings (SSSR count). The fourth-order valence-electron chi connectivity index (χ4n) is 1.59. The van der Waals surface area contributed by atoms with E-state index in [0.717, 1.165) is 6.54 Å². The quantitative estimate of drug-likeness (QED) is 0.613. The molecule has 0 spiro atoms. The Morgan fingerprint density at radius 2 is 2.36 bits per heavy atom. The molecule has 64 valence electrons. The summed E-state index contributed by atoms with van der Waals surface area (Å²) in [7, 11) is 3.80. The molecule has 3 heteroatoms. The third kappa shape index (κ3) is 1.53. The van der Waals surface area contributed by atoms with E-state index in [1.54, 1.807) is 0 Å². The summed E-state index contributed by atoms with van der Waals surface area (Å²) in [5, 5.41) is 3.10. The molecule has 1 N–H and O–H groups in total. The summed E-state index contributed by atoms with van der Waals surface area (Å²) < 4.78 is 0. The number of likely N-dealkylation sites (tertiary alicyclic amines) is 1. The minimum atomic E-state index is 0.276. The first-order chi connectivity index (χ1) is 5.16. The molecule has 0 saturated carbocycles. The highest BCUT2D eigenvalue weighted by Crippen LogP contribution is 2.22. The SMILES string of the molecule is CNCC1CC(=O)N(C)C1C. The number of hydrogen-bond acceptors (Lipinski definition) is 2. The zero-order valence-corrected chi connectivity index (χ0v) is 7.42. The molecule has 2 atom stereocenters. The van der Waals surface area contributed by atoms with Gasteiger partial charge in [-0.3, -0.25) is 4.79 Å². The van der Waals surface area contributed by atoms with Gasteiger partial charge in [-0.05, 0) is 14.0 Å². The number of hydrogen-bond donors (Lipinski definition) is 1. The van der Waals surface area contributed by atoms with E-state index in [-0.39, 0.29) is 5.91 Å². The minimum absolute atomic E-state index is 0.276. The Morgan fingerprint density at radius 3 is 2.73 bits per heavy atom. The molecule has 3 nitrogen and oxygen atoms in total. The number of amides is 1. The first-order valence-electron chi connectivity index (χ1n) is 4.07. The van der Waals surface area contributed by atoms with Crippen molar-refractivity contribution in [1.82, 2.24) is 10.2 Å². The van der Waals surface area contributed by atoms with E-state index in [1.165, 1.54) is 0 Å². The molecule has 1 amide bonds. The van der Waals surface area contributed by atoms with Crippen LogP contribution in [0.25, 0.3) is 0 Å². The average molecular weight is 156 g/mol. The topological polar surface area (TPSA) is 32.3 Å². The van der Waals surface area contributed by atoms with Crippen molar-refractivity contribution in [2.24, 2.45) is 5.92 Å². The average Bonchev–Trinajstić information content (AvgIpc) is 2.19. The third-order valence-corrected chi connectivity index (χ3v) is 2.59. The molecule has 2 unspecified atom stereocenters. The number of carbonyl (C=O) groups excluding carboxylic acids is 1. The van der Waals surface area contributed by atoms with Crippen molar-refractivity contribution >= 4 is 5.91 Å². The molecule has 0 aromatic heterocycles. The minimum Gasteiger partial charge on any atom is -0.343 e. The van der Waals surface area contributed by atoms with Crippen LogP contribution in [0.3, 0.4) is 0 Å². The zero-order valence-electron chi connectivity index (χ0n) is 7.42. The van der Waals surface area contributed by atoms with Gasteiger partial charge in [0.15, 0.2) is 0 Å². The van der Waals surface area contributed by atoms with Crippen LogP contribution in [0.1, 0.15) is 13.3 Å². The van der Waals surface area contributed by atoms with Gasteiger partial charge in [-0.15, -0.1) is 0 Å². The molecule has 1 saturated heterocycles. The van der Waals surface area contributed by atoms with E-state index in [0.29, 0.717) is 18.4 Å². The summed E-state index contributed by atoms with van der Waals surface area (Å²) in [4.78, 5) is 13.0. The van der Waals surface area contributed by atoms with Crippen molar-refractivity contribution < 1.29 is 4.79 Å². The van der Waals surface area contributed by atoms with Gasteiger partial charge >= 0.3 is 0 Å². The number of nitrogens with one attached hydrogen (secondary N) is 1.